The molecule has 0 spiro atoms. The maximum absolute atomic E-state index is 13.3. The molecule has 0 N–H and O–H groups in total. The van der Waals surface area contributed by atoms with Gasteiger partial charge in [0.2, 0.25) is 0 Å². The lowest BCUT2D eigenvalue weighted by atomic mass is 10.1. The van der Waals surface area contributed by atoms with Gasteiger partial charge in [0, 0.05) is 15.6 Å². The Hall–Kier alpha value is -2.73. The average molecular weight is 442 g/mol. The third-order valence-electron chi connectivity index (χ3n) is 4.66. The van der Waals surface area contributed by atoms with E-state index in [1.807, 2.05) is 60.8 Å². The van der Waals surface area contributed by atoms with Crippen molar-refractivity contribution < 1.29 is 9.13 Å². The maximum atomic E-state index is 13.3. The van der Waals surface area contributed by atoms with Gasteiger partial charge in [0.25, 0.3) is 0 Å². The molecule has 4 nitrogen and oxygen atoms in total. The monoisotopic (exact) mass is 441 g/mol. The van der Waals surface area contributed by atoms with Gasteiger partial charge in [0.05, 0.1) is 19.3 Å². The van der Waals surface area contributed by atoms with E-state index < -0.39 is 0 Å². The molecule has 0 saturated carbocycles. The molecule has 1 heterocycles. The SMILES string of the molecule is Fc1ccc(COC(Cn2cc(-c3ccccc3)nn2)c2ccc(Cl)cc2)c(Cl)c1. The number of hydrogen-bond acceptors (Lipinski definition) is 3. The Kier molecular flexibility index (Phi) is 6.43. The summed E-state index contributed by atoms with van der Waals surface area (Å²) in [5.41, 5.74) is 3.42. The highest BCUT2D eigenvalue weighted by molar-refractivity contribution is 6.31. The van der Waals surface area contributed by atoms with Crippen LogP contribution in [0.25, 0.3) is 11.3 Å². The highest BCUT2D eigenvalue weighted by atomic mass is 35.5. The lowest BCUT2D eigenvalue weighted by Crippen LogP contribution is -2.13. The smallest absolute Gasteiger partial charge is 0.124 e. The predicted molar refractivity (Wildman–Crippen MR) is 116 cm³/mol. The molecule has 1 unspecified atom stereocenters. The molecule has 30 heavy (non-hydrogen) atoms. The summed E-state index contributed by atoms with van der Waals surface area (Å²) in [4.78, 5) is 0. The maximum Gasteiger partial charge on any atom is 0.124 e. The predicted octanol–water partition coefficient (Wildman–Crippen LogP) is 6.35. The molecule has 0 aliphatic rings. The van der Waals surface area contributed by atoms with Gasteiger partial charge in [-0.05, 0) is 35.4 Å². The average Bonchev–Trinajstić information content (AvgIpc) is 3.22. The van der Waals surface area contributed by atoms with E-state index in [4.69, 9.17) is 27.9 Å². The van der Waals surface area contributed by atoms with Gasteiger partial charge >= 0.3 is 0 Å². The van der Waals surface area contributed by atoms with Crippen molar-refractivity contribution in [1.82, 2.24) is 15.0 Å². The standard InChI is InChI=1S/C23H18Cl2FN3O/c24-19-9-6-17(7-10-19)23(30-15-18-8-11-20(26)12-21(18)25)14-29-13-22(27-28-29)16-4-2-1-3-5-16/h1-13,23H,14-15H2. The highest BCUT2D eigenvalue weighted by Gasteiger charge is 2.16. The van der Waals surface area contributed by atoms with Crippen LogP contribution in [0.3, 0.4) is 0 Å². The molecular weight excluding hydrogens is 424 g/mol. The van der Waals surface area contributed by atoms with Crippen LogP contribution in [0.15, 0.2) is 79.0 Å². The summed E-state index contributed by atoms with van der Waals surface area (Å²) in [6.07, 6.45) is 1.56. The topological polar surface area (TPSA) is 39.9 Å². The van der Waals surface area contributed by atoms with E-state index in [-0.39, 0.29) is 18.5 Å². The van der Waals surface area contributed by atoms with Crippen molar-refractivity contribution in [2.24, 2.45) is 0 Å². The van der Waals surface area contributed by atoms with Gasteiger partial charge in [-0.2, -0.15) is 0 Å². The summed E-state index contributed by atoms with van der Waals surface area (Å²) in [5.74, 6) is -0.381. The second-order valence-electron chi connectivity index (χ2n) is 6.78. The van der Waals surface area contributed by atoms with E-state index in [0.29, 0.717) is 22.2 Å². The number of nitrogens with zero attached hydrogens (tertiary/aromatic N) is 3. The molecule has 0 fully saturated rings. The first kappa shape index (κ1) is 20.5. The zero-order chi connectivity index (χ0) is 20.9. The molecule has 0 saturated heterocycles. The summed E-state index contributed by atoms with van der Waals surface area (Å²) in [6.45, 7) is 0.674. The number of ether oxygens (including phenoxy) is 1. The van der Waals surface area contributed by atoms with Crippen molar-refractivity contribution in [2.75, 3.05) is 0 Å². The third-order valence-corrected chi connectivity index (χ3v) is 5.26. The van der Waals surface area contributed by atoms with Crippen molar-refractivity contribution in [3.8, 4) is 11.3 Å². The fraction of sp³-hybridized carbons (Fsp3) is 0.130. The van der Waals surface area contributed by atoms with Crippen LogP contribution in [0, 0.1) is 5.82 Å². The first-order valence-electron chi connectivity index (χ1n) is 9.35. The Balaban J connectivity index is 1.54. The lowest BCUT2D eigenvalue weighted by molar-refractivity contribution is 0.0254. The van der Waals surface area contributed by atoms with Gasteiger partial charge in [-0.3, -0.25) is 0 Å². The fourth-order valence-corrected chi connectivity index (χ4v) is 3.41. The van der Waals surface area contributed by atoms with Gasteiger partial charge in [0.1, 0.15) is 17.6 Å². The molecule has 0 aliphatic heterocycles. The zero-order valence-corrected chi connectivity index (χ0v) is 17.4. The number of rotatable bonds is 7. The van der Waals surface area contributed by atoms with Gasteiger partial charge in [0.15, 0.2) is 0 Å². The van der Waals surface area contributed by atoms with Crippen LogP contribution in [0.5, 0.6) is 0 Å². The molecule has 3 aromatic carbocycles. The van der Waals surface area contributed by atoms with E-state index >= 15 is 0 Å². The Bertz CT molecular complexity index is 1120. The Labute approximate surface area is 183 Å². The van der Waals surface area contributed by atoms with Crippen LogP contribution in [-0.2, 0) is 17.9 Å². The van der Waals surface area contributed by atoms with Crippen molar-refractivity contribution in [1.29, 1.82) is 0 Å². The Morgan fingerprint density at radius 2 is 1.73 bits per heavy atom. The van der Waals surface area contributed by atoms with Gasteiger partial charge in [-0.15, -0.1) is 5.10 Å². The minimum absolute atomic E-state index is 0.229. The van der Waals surface area contributed by atoms with Gasteiger partial charge in [-0.1, -0.05) is 76.9 Å². The molecule has 1 aromatic heterocycles. The third kappa shape index (κ3) is 5.05. The molecule has 4 aromatic rings. The van der Waals surface area contributed by atoms with Crippen LogP contribution >= 0.6 is 23.2 Å². The van der Waals surface area contributed by atoms with Crippen molar-refractivity contribution in [3.63, 3.8) is 0 Å². The first-order valence-corrected chi connectivity index (χ1v) is 10.1. The van der Waals surface area contributed by atoms with Crippen LogP contribution in [-0.4, -0.2) is 15.0 Å². The lowest BCUT2D eigenvalue weighted by Gasteiger charge is -2.19. The molecule has 152 valence electrons. The van der Waals surface area contributed by atoms with Crippen LogP contribution in [0.2, 0.25) is 10.0 Å². The summed E-state index contributed by atoms with van der Waals surface area (Å²) in [7, 11) is 0. The molecule has 1 atom stereocenters. The second-order valence-corrected chi connectivity index (χ2v) is 7.62. The van der Waals surface area contributed by atoms with Gasteiger partial charge < -0.3 is 4.74 Å². The van der Waals surface area contributed by atoms with E-state index in [1.54, 1.807) is 10.7 Å². The molecule has 4 rings (SSSR count). The van der Waals surface area contributed by atoms with Crippen molar-refractivity contribution in [3.05, 3.63) is 106 Å². The first-order chi connectivity index (χ1) is 14.6. The minimum Gasteiger partial charge on any atom is -0.367 e. The van der Waals surface area contributed by atoms with Crippen LogP contribution < -0.4 is 0 Å². The van der Waals surface area contributed by atoms with E-state index in [9.17, 15) is 4.39 Å². The summed E-state index contributed by atoms with van der Waals surface area (Å²) < 4.78 is 21.2. The quantitative estimate of drug-likeness (QED) is 0.335. The number of halogens is 3. The summed E-state index contributed by atoms with van der Waals surface area (Å²) in [5, 5.41) is 9.48. The molecule has 0 bridgehead atoms. The summed E-state index contributed by atoms with van der Waals surface area (Å²) in [6, 6.07) is 21.6. The molecule has 0 aliphatic carbocycles. The zero-order valence-electron chi connectivity index (χ0n) is 15.9. The highest BCUT2D eigenvalue weighted by Crippen LogP contribution is 2.26. The minimum atomic E-state index is -0.381. The molecule has 0 radical (unpaired) electrons. The van der Waals surface area contributed by atoms with Crippen LogP contribution in [0.4, 0.5) is 4.39 Å². The number of benzene rings is 3. The van der Waals surface area contributed by atoms with Crippen molar-refractivity contribution >= 4 is 23.2 Å². The molecule has 0 amide bonds. The second kappa shape index (κ2) is 9.39. The van der Waals surface area contributed by atoms with E-state index in [0.717, 1.165) is 16.8 Å². The largest absolute Gasteiger partial charge is 0.367 e. The van der Waals surface area contributed by atoms with Crippen molar-refractivity contribution in [2.45, 2.75) is 19.3 Å². The molecule has 7 heteroatoms. The Morgan fingerprint density at radius 1 is 0.967 bits per heavy atom. The van der Waals surface area contributed by atoms with Gasteiger partial charge in [-0.25, -0.2) is 9.07 Å². The van der Waals surface area contributed by atoms with E-state index in [2.05, 4.69) is 10.3 Å². The normalized spacial score (nSPS) is 12.1. The molecular formula is C23H18Cl2FN3O. The van der Waals surface area contributed by atoms with E-state index in [1.165, 1.54) is 12.1 Å². The Morgan fingerprint density at radius 3 is 2.47 bits per heavy atom. The number of hydrogen-bond donors (Lipinski definition) is 0. The van der Waals surface area contributed by atoms with Crippen LogP contribution in [0.1, 0.15) is 17.2 Å². The fourth-order valence-electron chi connectivity index (χ4n) is 3.06. The number of aromatic nitrogens is 3. The summed E-state index contributed by atoms with van der Waals surface area (Å²) >= 11 is 12.2.